The van der Waals surface area contributed by atoms with Gasteiger partial charge in [-0.05, 0) is 23.7 Å². The number of nitrogens with zero attached hydrogens (tertiary/aromatic N) is 3. The summed E-state index contributed by atoms with van der Waals surface area (Å²) in [4.78, 5) is 7.89. The van der Waals surface area contributed by atoms with Gasteiger partial charge in [-0.2, -0.15) is 15.1 Å². The van der Waals surface area contributed by atoms with Crippen molar-refractivity contribution in [3.05, 3.63) is 41.3 Å². The van der Waals surface area contributed by atoms with Gasteiger partial charge in [0.25, 0.3) is 0 Å². The molecule has 0 amide bonds. The zero-order valence-electron chi connectivity index (χ0n) is 9.28. The van der Waals surface area contributed by atoms with Crippen molar-refractivity contribution in [1.82, 2.24) is 20.2 Å². The Morgan fingerprint density at radius 3 is 2.58 bits per heavy atom. The summed E-state index contributed by atoms with van der Waals surface area (Å²) in [6.45, 7) is 0. The SMILES string of the molecule is Fc1cc(F)cc(Nc2nc(Cl)nc3[nH]ncc23)c1. The van der Waals surface area contributed by atoms with E-state index in [9.17, 15) is 8.78 Å². The summed E-state index contributed by atoms with van der Waals surface area (Å²) in [5, 5.41) is 9.78. The molecule has 19 heavy (non-hydrogen) atoms. The Balaban J connectivity index is 2.07. The molecule has 0 atom stereocenters. The number of nitrogens with one attached hydrogen (secondary N) is 2. The van der Waals surface area contributed by atoms with Gasteiger partial charge in [-0.1, -0.05) is 0 Å². The highest BCUT2D eigenvalue weighted by Crippen LogP contribution is 2.24. The van der Waals surface area contributed by atoms with Crippen LogP contribution in [0.4, 0.5) is 20.3 Å². The van der Waals surface area contributed by atoms with Gasteiger partial charge < -0.3 is 5.32 Å². The maximum Gasteiger partial charge on any atom is 0.226 e. The van der Waals surface area contributed by atoms with E-state index < -0.39 is 11.6 Å². The van der Waals surface area contributed by atoms with Crippen LogP contribution in [0.25, 0.3) is 11.0 Å². The minimum Gasteiger partial charge on any atom is -0.339 e. The molecule has 0 aliphatic carbocycles. The second kappa shape index (κ2) is 4.43. The molecule has 3 aromatic rings. The van der Waals surface area contributed by atoms with E-state index in [1.54, 1.807) is 0 Å². The standard InChI is InChI=1S/C11H6ClF2N5/c12-11-17-9(8-4-15-19-10(8)18-11)16-7-2-5(13)1-6(14)3-7/h1-4H,(H2,15,16,17,18,19). The van der Waals surface area contributed by atoms with Crippen LogP contribution >= 0.6 is 11.6 Å². The van der Waals surface area contributed by atoms with Crippen LogP contribution in [0.15, 0.2) is 24.4 Å². The lowest BCUT2D eigenvalue weighted by Crippen LogP contribution is -1.97. The van der Waals surface area contributed by atoms with E-state index in [4.69, 9.17) is 11.6 Å². The fraction of sp³-hybridized carbons (Fsp3) is 0. The molecule has 5 nitrogen and oxygen atoms in total. The lowest BCUT2D eigenvalue weighted by atomic mass is 10.3. The number of hydrogen-bond acceptors (Lipinski definition) is 4. The van der Waals surface area contributed by atoms with Crippen LogP contribution in [0.5, 0.6) is 0 Å². The van der Waals surface area contributed by atoms with E-state index in [1.165, 1.54) is 6.20 Å². The molecule has 8 heteroatoms. The number of anilines is 2. The van der Waals surface area contributed by atoms with Crippen molar-refractivity contribution in [2.75, 3.05) is 5.32 Å². The molecule has 0 saturated heterocycles. The van der Waals surface area contributed by atoms with Gasteiger partial charge in [-0.25, -0.2) is 8.78 Å². The average molecular weight is 282 g/mol. The number of fused-ring (bicyclic) bond motifs is 1. The Morgan fingerprint density at radius 2 is 1.84 bits per heavy atom. The van der Waals surface area contributed by atoms with Crippen molar-refractivity contribution >= 4 is 34.1 Å². The first-order valence-corrected chi connectivity index (χ1v) is 5.59. The Labute approximate surface area is 110 Å². The molecular weight excluding hydrogens is 276 g/mol. The highest BCUT2D eigenvalue weighted by molar-refractivity contribution is 6.28. The number of aromatic amines is 1. The molecule has 2 heterocycles. The number of rotatable bonds is 2. The van der Waals surface area contributed by atoms with Gasteiger partial charge in [0, 0.05) is 11.8 Å². The fourth-order valence-electron chi connectivity index (χ4n) is 1.67. The summed E-state index contributed by atoms with van der Waals surface area (Å²) >= 11 is 5.75. The van der Waals surface area contributed by atoms with E-state index in [0.29, 0.717) is 16.9 Å². The van der Waals surface area contributed by atoms with Crippen LogP contribution in [-0.2, 0) is 0 Å². The average Bonchev–Trinajstić information content (AvgIpc) is 2.75. The van der Waals surface area contributed by atoms with E-state index in [2.05, 4.69) is 25.5 Å². The first kappa shape index (κ1) is 11.8. The Hall–Kier alpha value is -2.28. The maximum atomic E-state index is 13.1. The lowest BCUT2D eigenvalue weighted by molar-refractivity contribution is 0.584. The second-order valence-corrected chi connectivity index (χ2v) is 4.09. The van der Waals surface area contributed by atoms with Gasteiger partial charge in [0.05, 0.1) is 11.6 Å². The molecule has 3 rings (SSSR count). The third-order valence-corrected chi connectivity index (χ3v) is 2.58. The zero-order chi connectivity index (χ0) is 13.4. The predicted molar refractivity (Wildman–Crippen MR) is 66.3 cm³/mol. The molecule has 0 radical (unpaired) electrons. The fourth-order valence-corrected chi connectivity index (χ4v) is 1.83. The molecule has 0 fully saturated rings. The van der Waals surface area contributed by atoms with Crippen molar-refractivity contribution in [1.29, 1.82) is 0 Å². The van der Waals surface area contributed by atoms with Crippen molar-refractivity contribution in [2.45, 2.75) is 0 Å². The molecule has 0 aliphatic heterocycles. The van der Waals surface area contributed by atoms with E-state index >= 15 is 0 Å². The van der Waals surface area contributed by atoms with Crippen LogP contribution in [0.1, 0.15) is 0 Å². The summed E-state index contributed by atoms with van der Waals surface area (Å²) in [6, 6.07) is 3.07. The number of benzene rings is 1. The summed E-state index contributed by atoms with van der Waals surface area (Å²) in [5.74, 6) is -1.06. The van der Waals surface area contributed by atoms with Crippen LogP contribution < -0.4 is 5.32 Å². The molecular formula is C11H6ClF2N5. The van der Waals surface area contributed by atoms with Gasteiger partial charge in [-0.3, -0.25) is 5.10 Å². The molecule has 96 valence electrons. The Kier molecular flexibility index (Phi) is 2.75. The maximum absolute atomic E-state index is 13.1. The topological polar surface area (TPSA) is 66.5 Å². The minimum absolute atomic E-state index is 0.00359. The van der Waals surface area contributed by atoms with Crippen LogP contribution in [0.2, 0.25) is 5.28 Å². The highest BCUT2D eigenvalue weighted by atomic mass is 35.5. The summed E-state index contributed by atoms with van der Waals surface area (Å²) < 4.78 is 26.2. The van der Waals surface area contributed by atoms with Gasteiger partial charge in [-0.15, -0.1) is 0 Å². The third kappa shape index (κ3) is 2.32. The monoisotopic (exact) mass is 281 g/mol. The molecule has 2 N–H and O–H groups in total. The Bertz CT molecular complexity index is 738. The van der Waals surface area contributed by atoms with Gasteiger partial charge in [0.15, 0.2) is 5.65 Å². The van der Waals surface area contributed by atoms with Crippen molar-refractivity contribution in [2.24, 2.45) is 0 Å². The van der Waals surface area contributed by atoms with Gasteiger partial charge in [0.2, 0.25) is 5.28 Å². The second-order valence-electron chi connectivity index (χ2n) is 3.76. The van der Waals surface area contributed by atoms with Crippen LogP contribution in [-0.4, -0.2) is 20.2 Å². The van der Waals surface area contributed by atoms with Crippen LogP contribution in [0.3, 0.4) is 0 Å². The van der Waals surface area contributed by atoms with Crippen molar-refractivity contribution in [3.8, 4) is 0 Å². The summed E-state index contributed by atoms with van der Waals surface area (Å²) in [6.07, 6.45) is 1.49. The quantitative estimate of drug-likeness (QED) is 0.709. The minimum atomic E-state index is -0.689. The highest BCUT2D eigenvalue weighted by Gasteiger charge is 2.09. The van der Waals surface area contributed by atoms with E-state index in [0.717, 1.165) is 18.2 Å². The first-order chi connectivity index (χ1) is 9.11. The number of halogens is 3. The van der Waals surface area contributed by atoms with Gasteiger partial charge in [0.1, 0.15) is 17.5 Å². The molecule has 2 aromatic heterocycles. The smallest absolute Gasteiger partial charge is 0.226 e. The molecule has 0 saturated carbocycles. The first-order valence-electron chi connectivity index (χ1n) is 5.21. The van der Waals surface area contributed by atoms with E-state index in [-0.39, 0.29) is 11.0 Å². The summed E-state index contributed by atoms with van der Waals surface area (Å²) in [5.41, 5.74) is 0.647. The molecule has 0 aliphatic rings. The van der Waals surface area contributed by atoms with E-state index in [1.807, 2.05) is 0 Å². The number of hydrogen-bond donors (Lipinski definition) is 2. The zero-order valence-corrected chi connectivity index (χ0v) is 10.0. The molecule has 0 spiro atoms. The largest absolute Gasteiger partial charge is 0.339 e. The third-order valence-electron chi connectivity index (χ3n) is 2.41. The van der Waals surface area contributed by atoms with Crippen LogP contribution in [0, 0.1) is 11.6 Å². The molecule has 0 bridgehead atoms. The molecule has 1 aromatic carbocycles. The van der Waals surface area contributed by atoms with Crippen molar-refractivity contribution < 1.29 is 8.78 Å². The lowest BCUT2D eigenvalue weighted by Gasteiger charge is -2.07. The van der Waals surface area contributed by atoms with Gasteiger partial charge >= 0.3 is 0 Å². The predicted octanol–water partition coefficient (Wildman–Crippen LogP) is 3.03. The number of aromatic nitrogens is 4. The Morgan fingerprint density at radius 1 is 1.11 bits per heavy atom. The summed E-state index contributed by atoms with van der Waals surface area (Å²) in [7, 11) is 0. The van der Waals surface area contributed by atoms with Crippen molar-refractivity contribution in [3.63, 3.8) is 0 Å². The number of H-pyrrole nitrogens is 1. The normalized spacial score (nSPS) is 10.9. The molecule has 0 unspecified atom stereocenters.